The largest absolute Gasteiger partial charge is 0.382 e. The van der Waals surface area contributed by atoms with Gasteiger partial charge in [0.05, 0.1) is 22.8 Å². The first kappa shape index (κ1) is 19.9. The van der Waals surface area contributed by atoms with Crippen molar-refractivity contribution in [2.45, 2.75) is 13.0 Å². The third-order valence-corrected chi connectivity index (χ3v) is 4.99. The van der Waals surface area contributed by atoms with Crippen LogP contribution in [-0.2, 0) is 0 Å². The predicted molar refractivity (Wildman–Crippen MR) is 112 cm³/mol. The highest BCUT2D eigenvalue weighted by Crippen LogP contribution is 2.30. The van der Waals surface area contributed by atoms with Gasteiger partial charge in [0.15, 0.2) is 5.82 Å². The lowest BCUT2D eigenvalue weighted by molar-refractivity contribution is 0.634. The second-order valence-electron chi connectivity index (χ2n) is 6.30. The normalized spacial score (nSPS) is 12.3. The van der Waals surface area contributed by atoms with Gasteiger partial charge in [0.2, 0.25) is 5.95 Å². The Morgan fingerprint density at radius 3 is 2.67 bits per heavy atom. The van der Waals surface area contributed by atoms with E-state index in [-0.39, 0.29) is 50.2 Å². The van der Waals surface area contributed by atoms with Gasteiger partial charge >= 0.3 is 0 Å². The molecule has 1 atom stereocenters. The number of hydrogen-bond donors (Lipinski definition) is 4. The van der Waals surface area contributed by atoms with Gasteiger partial charge in [0, 0.05) is 6.07 Å². The summed E-state index contributed by atoms with van der Waals surface area (Å²) < 4.78 is 15.6. The van der Waals surface area contributed by atoms with Crippen molar-refractivity contribution in [3.8, 4) is 5.82 Å². The summed E-state index contributed by atoms with van der Waals surface area (Å²) in [5.74, 6) is -0.228. The molecule has 4 rings (SSSR count). The van der Waals surface area contributed by atoms with Crippen LogP contribution >= 0.6 is 23.2 Å². The molecule has 1 aromatic carbocycles. The van der Waals surface area contributed by atoms with E-state index in [1.807, 2.05) is 0 Å². The van der Waals surface area contributed by atoms with Gasteiger partial charge in [0.25, 0.3) is 5.56 Å². The molecule has 30 heavy (non-hydrogen) atoms. The number of nitrogens with zero attached hydrogens (tertiary/aromatic N) is 5. The van der Waals surface area contributed by atoms with E-state index >= 15 is 0 Å². The van der Waals surface area contributed by atoms with Gasteiger partial charge in [0.1, 0.15) is 33.7 Å². The zero-order valence-electron chi connectivity index (χ0n) is 15.3. The second-order valence-corrected chi connectivity index (χ2v) is 7.09. The van der Waals surface area contributed by atoms with Crippen LogP contribution in [0, 0.1) is 5.82 Å². The summed E-state index contributed by atoms with van der Waals surface area (Å²) in [5, 5.41) is 9.46. The summed E-state index contributed by atoms with van der Waals surface area (Å²) in [4.78, 5) is 25.5. The molecule has 154 valence electrons. The van der Waals surface area contributed by atoms with Crippen LogP contribution in [0.1, 0.15) is 18.8 Å². The number of benzene rings is 1. The third-order valence-electron chi connectivity index (χ3n) is 4.31. The lowest BCUT2D eigenvalue weighted by Crippen LogP contribution is -2.28. The first-order valence-corrected chi connectivity index (χ1v) is 9.29. The smallest absolute Gasteiger partial charge is 0.270 e. The van der Waals surface area contributed by atoms with Crippen LogP contribution in [0.2, 0.25) is 10.0 Å². The number of halogens is 3. The predicted octanol–water partition coefficient (Wildman–Crippen LogP) is 2.68. The molecule has 4 aromatic rings. The lowest BCUT2D eigenvalue weighted by atomic mass is 10.2. The van der Waals surface area contributed by atoms with Crippen molar-refractivity contribution in [3.05, 3.63) is 56.4 Å². The van der Waals surface area contributed by atoms with Gasteiger partial charge < -0.3 is 16.8 Å². The molecule has 6 N–H and O–H groups in total. The first-order valence-electron chi connectivity index (χ1n) is 8.53. The minimum atomic E-state index is -0.744. The van der Waals surface area contributed by atoms with Gasteiger partial charge in [-0.3, -0.25) is 9.89 Å². The highest BCUT2D eigenvalue weighted by Gasteiger charge is 2.23. The molecule has 3 aromatic heterocycles. The number of anilines is 3. The number of fused-ring (bicyclic) bond motifs is 1. The number of nitrogens with one attached hydrogen (secondary N) is 2. The number of rotatable bonds is 4. The van der Waals surface area contributed by atoms with Crippen molar-refractivity contribution in [2.75, 3.05) is 16.8 Å². The maximum atomic E-state index is 14.5. The maximum Gasteiger partial charge on any atom is 0.270 e. The molecule has 10 nitrogen and oxygen atoms in total. The number of nitrogen functional groups attached to an aromatic ring is 2. The van der Waals surface area contributed by atoms with Gasteiger partial charge in [-0.2, -0.15) is 15.1 Å². The molecule has 0 amide bonds. The third kappa shape index (κ3) is 3.27. The van der Waals surface area contributed by atoms with E-state index in [4.69, 9.17) is 34.7 Å². The Kier molecular flexibility index (Phi) is 4.92. The summed E-state index contributed by atoms with van der Waals surface area (Å²) in [6.07, 6.45) is 1.45. The van der Waals surface area contributed by atoms with Gasteiger partial charge in [-0.05, 0) is 19.1 Å². The molecule has 0 saturated heterocycles. The highest BCUT2D eigenvalue weighted by atomic mass is 35.5. The van der Waals surface area contributed by atoms with Crippen LogP contribution in [0.5, 0.6) is 0 Å². The van der Waals surface area contributed by atoms with E-state index in [2.05, 4.69) is 30.5 Å². The zero-order valence-corrected chi connectivity index (χ0v) is 16.8. The molecular formula is C17H14Cl2FN9O. The quantitative estimate of drug-likeness (QED) is 0.370. The van der Waals surface area contributed by atoms with Crippen molar-refractivity contribution in [3.63, 3.8) is 0 Å². The molecule has 3 heterocycles. The minimum Gasteiger partial charge on any atom is -0.382 e. The Labute approximate surface area is 178 Å². The topological polar surface area (TPSA) is 153 Å². The Bertz CT molecular complexity index is 1320. The molecule has 0 bridgehead atoms. The van der Waals surface area contributed by atoms with Crippen molar-refractivity contribution in [1.29, 1.82) is 0 Å². The number of H-pyrrole nitrogens is 1. The fourth-order valence-electron chi connectivity index (χ4n) is 2.98. The van der Waals surface area contributed by atoms with Crippen LogP contribution in [0.15, 0.2) is 29.2 Å². The molecule has 0 spiro atoms. The molecule has 0 saturated carbocycles. The average Bonchev–Trinajstić information content (AvgIpc) is 3.22. The second kappa shape index (κ2) is 7.43. The maximum absolute atomic E-state index is 14.5. The van der Waals surface area contributed by atoms with Crippen LogP contribution < -0.4 is 22.3 Å². The zero-order chi connectivity index (χ0) is 21.6. The average molecular weight is 450 g/mol. The number of aromatic amines is 1. The standard InChI is InChI=1S/C17H14Cl2FN9O/c1-6(24-14-11(19)13(21)26-17(22)27-14)15-25-12-7(18)2-3-8(20)10(12)16(30)29(15)9-4-5-23-28-9/h2-6H,1H3,(H,23,28)(H5,21,22,24,26,27)/t6-/m0/s1. The van der Waals surface area contributed by atoms with Gasteiger partial charge in [-0.25, -0.2) is 13.9 Å². The summed E-state index contributed by atoms with van der Waals surface area (Å²) in [5.41, 5.74) is 10.7. The van der Waals surface area contributed by atoms with Gasteiger partial charge in [-0.15, -0.1) is 0 Å². The molecule has 0 aliphatic carbocycles. The number of hydrogen-bond acceptors (Lipinski definition) is 8. The minimum absolute atomic E-state index is 0.0126. The number of aromatic nitrogens is 6. The van der Waals surface area contributed by atoms with Crippen LogP contribution in [-0.4, -0.2) is 29.7 Å². The SMILES string of the molecule is C[C@H](Nc1nc(N)nc(N)c1Cl)c1nc2c(Cl)ccc(F)c2c(=O)n1-c1ccn[nH]1. The summed E-state index contributed by atoms with van der Waals surface area (Å²) in [6, 6.07) is 3.31. The van der Waals surface area contributed by atoms with Gasteiger partial charge in [-0.1, -0.05) is 23.2 Å². The molecule has 0 aliphatic heterocycles. The van der Waals surface area contributed by atoms with E-state index < -0.39 is 17.4 Å². The summed E-state index contributed by atoms with van der Waals surface area (Å²) >= 11 is 12.4. The van der Waals surface area contributed by atoms with Crippen LogP contribution in [0.4, 0.5) is 22.0 Å². The van der Waals surface area contributed by atoms with Crippen molar-refractivity contribution in [1.82, 2.24) is 29.7 Å². The number of nitrogens with two attached hydrogens (primary N) is 2. The van der Waals surface area contributed by atoms with E-state index in [1.165, 1.54) is 16.8 Å². The fourth-order valence-corrected chi connectivity index (χ4v) is 3.32. The van der Waals surface area contributed by atoms with E-state index in [0.29, 0.717) is 0 Å². The van der Waals surface area contributed by atoms with Crippen molar-refractivity contribution in [2.24, 2.45) is 0 Å². The molecular weight excluding hydrogens is 436 g/mol. The summed E-state index contributed by atoms with van der Waals surface area (Å²) in [7, 11) is 0. The molecule has 0 radical (unpaired) electrons. The highest BCUT2D eigenvalue weighted by molar-refractivity contribution is 6.35. The summed E-state index contributed by atoms with van der Waals surface area (Å²) in [6.45, 7) is 1.69. The van der Waals surface area contributed by atoms with E-state index in [1.54, 1.807) is 13.0 Å². The Morgan fingerprint density at radius 2 is 1.97 bits per heavy atom. The van der Waals surface area contributed by atoms with Crippen molar-refractivity contribution < 1.29 is 4.39 Å². The first-order chi connectivity index (χ1) is 14.3. The lowest BCUT2D eigenvalue weighted by Gasteiger charge is -2.20. The van der Waals surface area contributed by atoms with E-state index in [0.717, 1.165) is 6.07 Å². The molecule has 0 fully saturated rings. The Hall–Kier alpha value is -3.44. The van der Waals surface area contributed by atoms with Crippen LogP contribution in [0.25, 0.3) is 16.7 Å². The Morgan fingerprint density at radius 1 is 1.20 bits per heavy atom. The van der Waals surface area contributed by atoms with E-state index in [9.17, 15) is 9.18 Å². The fraction of sp³-hybridized carbons (Fsp3) is 0.118. The van der Waals surface area contributed by atoms with Crippen molar-refractivity contribution >= 4 is 51.7 Å². The van der Waals surface area contributed by atoms with Crippen LogP contribution in [0.3, 0.4) is 0 Å². The molecule has 0 unspecified atom stereocenters. The Balaban J connectivity index is 1.95. The monoisotopic (exact) mass is 449 g/mol. The molecule has 0 aliphatic rings. The molecule has 13 heteroatoms.